The molecule has 2 aliphatic carbocycles. The summed E-state index contributed by atoms with van der Waals surface area (Å²) in [5.74, 6) is 0.266. The first-order chi connectivity index (χ1) is 16.9. The van der Waals surface area contributed by atoms with E-state index in [-0.39, 0.29) is 22.5 Å². The molecular weight excluding hydrogens is 606 g/mol. The Hall–Kier alpha value is -0.973. The molecule has 0 saturated heterocycles. The van der Waals surface area contributed by atoms with E-state index in [1.54, 1.807) is 0 Å². The number of pyridine rings is 1. The van der Waals surface area contributed by atoms with Gasteiger partial charge in [-0.05, 0) is 89.5 Å². The normalized spacial score (nSPS) is 21.4. The number of benzene rings is 1. The predicted molar refractivity (Wildman–Crippen MR) is 152 cm³/mol. The lowest BCUT2D eigenvalue weighted by atomic mass is 9.73. The van der Waals surface area contributed by atoms with Crippen LogP contribution < -0.4 is 0 Å². The number of aliphatic hydroxyl groups excluding tert-OH is 1. The Morgan fingerprint density at radius 1 is 1.11 bits per heavy atom. The molecule has 2 aliphatic rings. The van der Waals surface area contributed by atoms with Gasteiger partial charge in [0, 0.05) is 26.3 Å². The van der Waals surface area contributed by atoms with Gasteiger partial charge < -0.3 is 9.53 Å². The molecule has 0 radical (unpaired) electrons. The van der Waals surface area contributed by atoms with Crippen molar-refractivity contribution in [1.82, 2.24) is 4.98 Å². The zero-order valence-electron chi connectivity index (χ0n) is 22.9. The number of hydrogen-bond acceptors (Lipinski definition) is 3. The number of aromatic nitrogens is 1. The van der Waals surface area contributed by atoms with Crippen molar-refractivity contribution < 1.29 is 22.7 Å². The lowest BCUT2D eigenvalue weighted by molar-refractivity contribution is -0.137. The zero-order valence-corrected chi connectivity index (χ0v) is 26.0. The molecule has 1 aromatic carbocycles. The Kier molecular flexibility index (Phi) is 7.76. The molecule has 0 bridgehead atoms. The molecule has 1 unspecified atom stereocenters. The second-order valence-corrected chi connectivity index (χ2v) is 19.0. The Morgan fingerprint density at radius 2 is 1.70 bits per heavy atom. The minimum atomic E-state index is -4.41. The Morgan fingerprint density at radius 3 is 2.19 bits per heavy atom. The van der Waals surface area contributed by atoms with E-state index >= 15 is 0 Å². The second-order valence-electron chi connectivity index (χ2n) is 13.1. The number of aliphatic hydroxyl groups is 1. The summed E-state index contributed by atoms with van der Waals surface area (Å²) in [6.07, 6.45) is -0.736. The van der Waals surface area contributed by atoms with E-state index in [0.29, 0.717) is 5.56 Å². The van der Waals surface area contributed by atoms with Crippen LogP contribution in [0.25, 0.3) is 0 Å². The minimum absolute atomic E-state index is 0.0283. The van der Waals surface area contributed by atoms with Gasteiger partial charge in [-0.3, -0.25) is 4.98 Å². The molecule has 2 aromatic rings. The van der Waals surface area contributed by atoms with Crippen LogP contribution in [0.15, 0.2) is 24.3 Å². The van der Waals surface area contributed by atoms with E-state index < -0.39 is 26.2 Å². The molecule has 1 fully saturated rings. The van der Waals surface area contributed by atoms with Crippen LogP contribution in [0, 0.1) is 8.99 Å². The SMILES string of the molecule is CC1(C)Cc2nc(C3CCC3)c([C@@H](O)c3ccc(C(F)(F)F)cc3)c(I)c2C(O[Si](C)(C)C(C)(C)C)C1. The Bertz CT molecular complexity index is 1150. The van der Waals surface area contributed by atoms with Crippen LogP contribution >= 0.6 is 22.6 Å². The van der Waals surface area contributed by atoms with Crippen molar-refractivity contribution in [3.8, 4) is 0 Å². The molecule has 0 spiro atoms. The maximum atomic E-state index is 13.2. The lowest BCUT2D eigenvalue weighted by Crippen LogP contribution is -2.44. The molecule has 3 nitrogen and oxygen atoms in total. The highest BCUT2D eigenvalue weighted by molar-refractivity contribution is 14.1. The number of hydrogen-bond donors (Lipinski definition) is 1. The van der Waals surface area contributed by atoms with Gasteiger partial charge in [-0.25, -0.2) is 0 Å². The second kappa shape index (κ2) is 9.89. The fraction of sp³-hybridized carbons (Fsp3) is 0.621. The van der Waals surface area contributed by atoms with Gasteiger partial charge >= 0.3 is 6.18 Å². The quantitative estimate of drug-likeness (QED) is 0.261. The van der Waals surface area contributed by atoms with Crippen LogP contribution in [0.3, 0.4) is 0 Å². The topological polar surface area (TPSA) is 42.4 Å². The first-order valence-corrected chi connectivity index (χ1v) is 17.1. The summed E-state index contributed by atoms with van der Waals surface area (Å²) >= 11 is 2.34. The van der Waals surface area contributed by atoms with Gasteiger partial charge in [-0.15, -0.1) is 0 Å². The van der Waals surface area contributed by atoms with E-state index in [1.807, 2.05) is 0 Å². The highest BCUT2D eigenvalue weighted by atomic mass is 127. The van der Waals surface area contributed by atoms with Crippen LogP contribution in [0.4, 0.5) is 13.2 Å². The number of nitrogens with zero attached hydrogens (tertiary/aromatic N) is 1. The summed E-state index contributed by atoms with van der Waals surface area (Å²) in [4.78, 5) is 5.23. The van der Waals surface area contributed by atoms with Gasteiger partial charge in [-0.2, -0.15) is 13.2 Å². The summed E-state index contributed by atoms with van der Waals surface area (Å²) in [5, 5.41) is 11.7. The fourth-order valence-electron chi connectivity index (χ4n) is 5.15. The average Bonchev–Trinajstić information content (AvgIpc) is 2.69. The minimum Gasteiger partial charge on any atom is -0.410 e. The molecule has 1 saturated carbocycles. The summed E-state index contributed by atoms with van der Waals surface area (Å²) in [5.41, 5.74) is 3.53. The van der Waals surface area contributed by atoms with E-state index in [4.69, 9.17) is 9.41 Å². The van der Waals surface area contributed by atoms with E-state index in [2.05, 4.69) is 70.3 Å². The molecule has 0 amide bonds. The third-order valence-electron chi connectivity index (χ3n) is 8.58. The first-order valence-electron chi connectivity index (χ1n) is 13.2. The molecular formula is C29H39F3INO2Si. The molecule has 0 aliphatic heterocycles. The van der Waals surface area contributed by atoms with Crippen LogP contribution in [0.2, 0.25) is 18.1 Å². The Labute approximate surface area is 233 Å². The largest absolute Gasteiger partial charge is 0.416 e. The Balaban J connectivity index is 1.85. The first kappa shape index (κ1) is 29.0. The van der Waals surface area contributed by atoms with Crippen molar-refractivity contribution >= 4 is 30.9 Å². The summed E-state index contributed by atoms with van der Waals surface area (Å²) < 4.78 is 47.4. The maximum Gasteiger partial charge on any atom is 0.416 e. The van der Waals surface area contributed by atoms with Crippen molar-refractivity contribution in [2.24, 2.45) is 5.41 Å². The third-order valence-corrected chi connectivity index (χ3v) is 14.2. The molecule has 4 rings (SSSR count). The summed E-state index contributed by atoms with van der Waals surface area (Å²) in [6.45, 7) is 15.7. The van der Waals surface area contributed by atoms with Crippen molar-refractivity contribution in [2.45, 2.75) is 109 Å². The number of halogens is 4. The standard InChI is InChI=1S/C29H39F3INO2Si/c1-27(2,3)37(6,7)36-21-16-28(4,5)15-20-22(21)24(33)23(25(34-20)17-9-8-10-17)26(35)18-11-13-19(14-12-18)29(30,31)32/h11-14,17,21,26,35H,8-10,15-16H2,1-7H3/t21?,26-/m0/s1. The zero-order chi connectivity index (χ0) is 27.6. The fourth-order valence-corrected chi connectivity index (χ4v) is 7.64. The average molecular weight is 646 g/mol. The molecule has 1 N–H and O–H groups in total. The van der Waals surface area contributed by atoms with Crippen molar-refractivity contribution in [2.75, 3.05) is 0 Å². The highest BCUT2D eigenvalue weighted by Gasteiger charge is 2.45. The monoisotopic (exact) mass is 645 g/mol. The van der Waals surface area contributed by atoms with Crippen molar-refractivity contribution in [1.29, 1.82) is 0 Å². The van der Waals surface area contributed by atoms with Crippen LogP contribution in [0.5, 0.6) is 0 Å². The molecule has 1 aromatic heterocycles. The van der Waals surface area contributed by atoms with Crippen LogP contribution in [-0.2, 0) is 17.0 Å². The third kappa shape index (κ3) is 5.82. The van der Waals surface area contributed by atoms with Gasteiger partial charge in [0.1, 0.15) is 6.10 Å². The smallest absolute Gasteiger partial charge is 0.410 e. The highest BCUT2D eigenvalue weighted by Crippen LogP contribution is 2.51. The molecule has 1 heterocycles. The van der Waals surface area contributed by atoms with E-state index in [9.17, 15) is 18.3 Å². The molecule has 8 heteroatoms. The number of fused-ring (bicyclic) bond motifs is 1. The van der Waals surface area contributed by atoms with Gasteiger partial charge in [-0.1, -0.05) is 53.2 Å². The van der Waals surface area contributed by atoms with Gasteiger partial charge in [0.15, 0.2) is 8.32 Å². The van der Waals surface area contributed by atoms with Crippen molar-refractivity contribution in [3.63, 3.8) is 0 Å². The molecule has 2 atom stereocenters. The summed E-state index contributed by atoms with van der Waals surface area (Å²) in [6, 6.07) is 4.87. The van der Waals surface area contributed by atoms with Crippen molar-refractivity contribution in [3.05, 3.63) is 61.5 Å². The lowest BCUT2D eigenvalue weighted by Gasteiger charge is -2.45. The number of rotatable bonds is 5. The van der Waals surface area contributed by atoms with Gasteiger partial charge in [0.2, 0.25) is 0 Å². The van der Waals surface area contributed by atoms with Crippen LogP contribution in [-0.4, -0.2) is 18.4 Å². The van der Waals surface area contributed by atoms with Crippen LogP contribution in [0.1, 0.15) is 112 Å². The molecule has 204 valence electrons. The van der Waals surface area contributed by atoms with E-state index in [0.717, 1.165) is 70.3 Å². The molecule has 37 heavy (non-hydrogen) atoms. The summed E-state index contributed by atoms with van der Waals surface area (Å²) in [7, 11) is -2.11. The maximum absolute atomic E-state index is 13.2. The predicted octanol–water partition coefficient (Wildman–Crippen LogP) is 9.09. The van der Waals surface area contributed by atoms with E-state index in [1.165, 1.54) is 12.1 Å². The number of alkyl halides is 3. The van der Waals surface area contributed by atoms with Gasteiger partial charge in [0.25, 0.3) is 0 Å². The van der Waals surface area contributed by atoms with Gasteiger partial charge in [0.05, 0.1) is 17.4 Å².